The minimum Gasteiger partial charge on any atom is -0.465 e. The van der Waals surface area contributed by atoms with Crippen LogP contribution in [-0.4, -0.2) is 30.1 Å². The van der Waals surface area contributed by atoms with Gasteiger partial charge in [0.15, 0.2) is 0 Å². The van der Waals surface area contributed by atoms with Gasteiger partial charge in [0.2, 0.25) is 0 Å². The molecule has 110 valence electrons. The molecule has 1 aliphatic rings. The number of nitrogens with zero attached hydrogens (tertiary/aromatic N) is 1. The number of hydrogen-bond acceptors (Lipinski definition) is 4. The number of benzene rings is 1. The lowest BCUT2D eigenvalue weighted by Gasteiger charge is -2.23. The number of carbonyl (C=O) groups is 1. The topological polar surface area (TPSA) is 55.6 Å². The van der Waals surface area contributed by atoms with E-state index < -0.39 is 0 Å². The van der Waals surface area contributed by atoms with Crippen molar-refractivity contribution in [3.63, 3.8) is 0 Å². The summed E-state index contributed by atoms with van der Waals surface area (Å²) in [7, 11) is 0. The van der Waals surface area contributed by atoms with Crippen LogP contribution in [-0.2, 0) is 22.6 Å². The zero-order chi connectivity index (χ0) is 14.5. The van der Waals surface area contributed by atoms with Gasteiger partial charge in [-0.05, 0) is 37.9 Å². The minimum absolute atomic E-state index is 0.205. The molecule has 1 unspecified atom stereocenters. The summed E-state index contributed by atoms with van der Waals surface area (Å²) in [6.45, 7) is 3.72. The van der Waals surface area contributed by atoms with Crippen molar-refractivity contribution < 1.29 is 13.9 Å². The van der Waals surface area contributed by atoms with E-state index in [0.717, 1.165) is 24.9 Å². The quantitative estimate of drug-likeness (QED) is 0.836. The Kier molecular flexibility index (Phi) is 5.09. The van der Waals surface area contributed by atoms with Crippen molar-refractivity contribution in [1.82, 2.24) is 4.90 Å². The SMILES string of the molecule is CCOC(=O)C1CCCN1Cc1ccc(CN)cc1F. The summed E-state index contributed by atoms with van der Waals surface area (Å²) in [6, 6.07) is 4.79. The van der Waals surface area contributed by atoms with Gasteiger partial charge >= 0.3 is 5.97 Å². The highest BCUT2D eigenvalue weighted by Crippen LogP contribution is 2.22. The lowest BCUT2D eigenvalue weighted by atomic mass is 10.1. The third-order valence-corrected chi connectivity index (χ3v) is 3.65. The molecule has 1 saturated heterocycles. The normalized spacial score (nSPS) is 19.2. The molecule has 1 heterocycles. The van der Waals surface area contributed by atoms with E-state index >= 15 is 0 Å². The monoisotopic (exact) mass is 280 g/mol. The van der Waals surface area contributed by atoms with Crippen LogP contribution in [0.2, 0.25) is 0 Å². The second-order valence-electron chi connectivity index (χ2n) is 5.01. The van der Waals surface area contributed by atoms with E-state index in [4.69, 9.17) is 10.5 Å². The molecular formula is C15H21FN2O2. The van der Waals surface area contributed by atoms with E-state index in [2.05, 4.69) is 0 Å². The van der Waals surface area contributed by atoms with Crippen LogP contribution in [0.4, 0.5) is 4.39 Å². The third-order valence-electron chi connectivity index (χ3n) is 3.65. The lowest BCUT2D eigenvalue weighted by Crippen LogP contribution is -2.37. The third kappa shape index (κ3) is 3.35. The first-order chi connectivity index (χ1) is 9.65. The summed E-state index contributed by atoms with van der Waals surface area (Å²) in [6.07, 6.45) is 1.72. The average Bonchev–Trinajstić information content (AvgIpc) is 2.89. The Morgan fingerprint density at radius 1 is 1.55 bits per heavy atom. The number of ether oxygens (including phenoxy) is 1. The second kappa shape index (κ2) is 6.81. The van der Waals surface area contributed by atoms with Gasteiger partial charge in [-0.1, -0.05) is 12.1 Å². The van der Waals surface area contributed by atoms with Crippen LogP contribution < -0.4 is 5.73 Å². The predicted octanol–water partition coefficient (Wildman–Crippen LogP) is 1.81. The van der Waals surface area contributed by atoms with Gasteiger partial charge in [-0.15, -0.1) is 0 Å². The molecule has 4 nitrogen and oxygen atoms in total. The van der Waals surface area contributed by atoms with E-state index in [1.54, 1.807) is 13.0 Å². The zero-order valence-corrected chi connectivity index (χ0v) is 11.8. The molecule has 1 aliphatic heterocycles. The van der Waals surface area contributed by atoms with E-state index in [0.29, 0.717) is 25.3 Å². The number of likely N-dealkylation sites (tertiary alicyclic amines) is 1. The molecule has 1 aromatic carbocycles. The first-order valence-electron chi connectivity index (χ1n) is 7.03. The number of carbonyl (C=O) groups excluding carboxylic acids is 1. The highest BCUT2D eigenvalue weighted by atomic mass is 19.1. The van der Waals surface area contributed by atoms with Crippen molar-refractivity contribution in [2.45, 2.75) is 38.9 Å². The molecule has 20 heavy (non-hydrogen) atoms. The van der Waals surface area contributed by atoms with Gasteiger partial charge in [-0.2, -0.15) is 0 Å². The molecule has 0 bridgehead atoms. The second-order valence-corrected chi connectivity index (χ2v) is 5.01. The average molecular weight is 280 g/mol. The molecule has 2 N–H and O–H groups in total. The molecule has 0 spiro atoms. The molecule has 0 aliphatic carbocycles. The first kappa shape index (κ1) is 14.9. The Balaban J connectivity index is 2.06. The zero-order valence-electron chi connectivity index (χ0n) is 11.8. The van der Waals surface area contributed by atoms with Gasteiger partial charge in [0.25, 0.3) is 0 Å². The smallest absolute Gasteiger partial charge is 0.323 e. The fourth-order valence-electron chi connectivity index (χ4n) is 2.59. The lowest BCUT2D eigenvalue weighted by molar-refractivity contribution is -0.148. The van der Waals surface area contributed by atoms with Crippen LogP contribution in [0.25, 0.3) is 0 Å². The fraction of sp³-hybridized carbons (Fsp3) is 0.533. The highest BCUT2D eigenvalue weighted by molar-refractivity contribution is 5.76. The Labute approximate surface area is 118 Å². The Morgan fingerprint density at radius 3 is 3.00 bits per heavy atom. The van der Waals surface area contributed by atoms with Crippen LogP contribution >= 0.6 is 0 Å². The number of halogens is 1. The van der Waals surface area contributed by atoms with Gasteiger partial charge in [0.05, 0.1) is 6.61 Å². The van der Waals surface area contributed by atoms with Crippen molar-refractivity contribution in [1.29, 1.82) is 0 Å². The van der Waals surface area contributed by atoms with Gasteiger partial charge in [0.1, 0.15) is 11.9 Å². The Morgan fingerprint density at radius 2 is 2.35 bits per heavy atom. The van der Waals surface area contributed by atoms with Crippen LogP contribution in [0.3, 0.4) is 0 Å². The van der Waals surface area contributed by atoms with Crippen molar-refractivity contribution in [3.8, 4) is 0 Å². The highest BCUT2D eigenvalue weighted by Gasteiger charge is 2.32. The van der Waals surface area contributed by atoms with Crippen molar-refractivity contribution >= 4 is 5.97 Å². The predicted molar refractivity (Wildman–Crippen MR) is 74.4 cm³/mol. The van der Waals surface area contributed by atoms with Crippen molar-refractivity contribution in [3.05, 3.63) is 35.1 Å². The largest absolute Gasteiger partial charge is 0.465 e. The number of esters is 1. The van der Waals surface area contributed by atoms with E-state index in [-0.39, 0.29) is 17.8 Å². The molecular weight excluding hydrogens is 259 g/mol. The summed E-state index contributed by atoms with van der Waals surface area (Å²) in [4.78, 5) is 13.8. The summed E-state index contributed by atoms with van der Waals surface area (Å²) in [5.74, 6) is -0.466. The Bertz CT molecular complexity index is 479. The maximum atomic E-state index is 14.0. The summed E-state index contributed by atoms with van der Waals surface area (Å²) >= 11 is 0. The summed E-state index contributed by atoms with van der Waals surface area (Å²) in [5, 5.41) is 0. The maximum Gasteiger partial charge on any atom is 0.323 e. The maximum absolute atomic E-state index is 14.0. The number of nitrogens with two attached hydrogens (primary N) is 1. The van der Waals surface area contributed by atoms with E-state index in [1.165, 1.54) is 6.07 Å². The standard InChI is InChI=1S/C15H21FN2O2/c1-2-20-15(19)14-4-3-7-18(14)10-12-6-5-11(9-17)8-13(12)16/h5-6,8,14H,2-4,7,9-10,17H2,1H3. The van der Waals surface area contributed by atoms with Gasteiger partial charge in [0, 0.05) is 18.7 Å². The van der Waals surface area contributed by atoms with E-state index in [9.17, 15) is 9.18 Å². The molecule has 0 aromatic heterocycles. The molecule has 0 radical (unpaired) electrons. The number of rotatable bonds is 5. The molecule has 0 amide bonds. The molecule has 1 aromatic rings. The fourth-order valence-corrected chi connectivity index (χ4v) is 2.59. The van der Waals surface area contributed by atoms with Crippen molar-refractivity contribution in [2.24, 2.45) is 5.73 Å². The Hall–Kier alpha value is -1.46. The summed E-state index contributed by atoms with van der Waals surface area (Å²) in [5.41, 5.74) is 6.86. The summed E-state index contributed by atoms with van der Waals surface area (Å²) < 4.78 is 19.0. The molecule has 1 atom stereocenters. The molecule has 1 fully saturated rings. The van der Waals surface area contributed by atoms with Crippen LogP contribution in [0, 0.1) is 5.82 Å². The first-order valence-corrected chi connectivity index (χ1v) is 7.03. The molecule has 0 saturated carbocycles. The van der Waals surface area contributed by atoms with Gasteiger partial charge < -0.3 is 10.5 Å². The van der Waals surface area contributed by atoms with Crippen LogP contribution in [0.1, 0.15) is 30.9 Å². The molecule has 2 rings (SSSR count). The minimum atomic E-state index is -0.262. The van der Waals surface area contributed by atoms with Gasteiger partial charge in [-0.3, -0.25) is 9.69 Å². The van der Waals surface area contributed by atoms with Crippen molar-refractivity contribution in [2.75, 3.05) is 13.2 Å². The molecule has 5 heteroatoms. The van der Waals surface area contributed by atoms with Crippen LogP contribution in [0.15, 0.2) is 18.2 Å². The number of hydrogen-bond donors (Lipinski definition) is 1. The van der Waals surface area contributed by atoms with Crippen LogP contribution in [0.5, 0.6) is 0 Å². The van der Waals surface area contributed by atoms with E-state index in [1.807, 2.05) is 11.0 Å². The van der Waals surface area contributed by atoms with Gasteiger partial charge in [-0.25, -0.2) is 4.39 Å².